The van der Waals surface area contributed by atoms with Crippen LogP contribution in [-0.2, 0) is 20.7 Å². The zero-order chi connectivity index (χ0) is 18.4. The number of rotatable bonds is 6. The normalized spacial score (nSPS) is 23.1. The average Bonchev–Trinajstić information content (AvgIpc) is 2.56. The third-order valence-electron chi connectivity index (χ3n) is 4.72. The highest BCUT2D eigenvalue weighted by molar-refractivity contribution is 7.99. The number of carbonyl (C=O) groups is 2. The molecule has 1 aliphatic carbocycles. The molecule has 1 aliphatic rings. The Morgan fingerprint density at radius 1 is 1.40 bits per heavy atom. The number of nitrogens with zero attached hydrogens (tertiary/aromatic N) is 1. The van der Waals surface area contributed by atoms with Crippen LogP contribution in [0.4, 0.5) is 0 Å². The number of ether oxygens (including phenoxy) is 1. The molecule has 138 valence electrons. The largest absolute Gasteiger partial charge is 0.469 e. The Labute approximate surface area is 151 Å². The van der Waals surface area contributed by atoms with Crippen LogP contribution in [-0.4, -0.2) is 40.7 Å². The number of hydrogen-bond acceptors (Lipinski definition) is 6. The lowest BCUT2D eigenvalue weighted by atomic mass is 9.78. The second kappa shape index (κ2) is 9.03. The van der Waals surface area contributed by atoms with Gasteiger partial charge in [-0.2, -0.15) is 0 Å². The van der Waals surface area contributed by atoms with E-state index in [9.17, 15) is 14.4 Å². The van der Waals surface area contributed by atoms with Crippen LogP contribution in [0.25, 0.3) is 0 Å². The topological polar surface area (TPSA) is 101 Å². The predicted molar refractivity (Wildman–Crippen MR) is 95.4 cm³/mol. The van der Waals surface area contributed by atoms with E-state index in [0.29, 0.717) is 22.7 Å². The SMILES string of the molecule is COC(=O)Cc1cc(=O)[nH]c(SCC(=O)N[C@H]2CCC[C@H](C)[C@@H]2C)n1. The standard InChI is InChI=1S/C17H25N3O4S/c1-10-5-4-6-13(11(10)2)19-15(22)9-25-17-18-12(7-14(21)20-17)8-16(23)24-3/h7,10-11,13H,4-6,8-9H2,1-3H3,(H,19,22)(H,18,20,21)/t10-,11-,13-/m0/s1. The first-order chi connectivity index (χ1) is 11.9. The van der Waals surface area contributed by atoms with Crippen LogP contribution >= 0.6 is 11.8 Å². The lowest BCUT2D eigenvalue weighted by molar-refractivity contribution is -0.139. The molecular weight excluding hydrogens is 342 g/mol. The Bertz CT molecular complexity index is 676. The van der Waals surface area contributed by atoms with Crippen molar-refractivity contribution in [2.75, 3.05) is 12.9 Å². The summed E-state index contributed by atoms with van der Waals surface area (Å²) in [5, 5.41) is 3.41. The van der Waals surface area contributed by atoms with Gasteiger partial charge >= 0.3 is 5.97 Å². The van der Waals surface area contributed by atoms with Gasteiger partial charge in [0.05, 0.1) is 25.0 Å². The summed E-state index contributed by atoms with van der Waals surface area (Å²) in [6, 6.07) is 1.46. The fraction of sp³-hybridized carbons (Fsp3) is 0.647. The van der Waals surface area contributed by atoms with Gasteiger partial charge in [-0.3, -0.25) is 14.4 Å². The molecule has 0 radical (unpaired) electrons. The first kappa shape index (κ1) is 19.5. The van der Waals surface area contributed by atoms with Crippen LogP contribution in [0.3, 0.4) is 0 Å². The highest BCUT2D eigenvalue weighted by atomic mass is 32.2. The maximum Gasteiger partial charge on any atom is 0.311 e. The minimum atomic E-state index is -0.466. The first-order valence-electron chi connectivity index (χ1n) is 8.48. The van der Waals surface area contributed by atoms with E-state index in [1.165, 1.54) is 19.6 Å². The number of esters is 1. The van der Waals surface area contributed by atoms with Crippen molar-refractivity contribution in [2.24, 2.45) is 11.8 Å². The van der Waals surface area contributed by atoms with Crippen molar-refractivity contribution < 1.29 is 14.3 Å². The molecule has 0 spiro atoms. The quantitative estimate of drug-likeness (QED) is 0.449. The van der Waals surface area contributed by atoms with Crippen LogP contribution in [0, 0.1) is 11.8 Å². The molecule has 3 atom stereocenters. The summed E-state index contributed by atoms with van der Waals surface area (Å²) in [5.41, 5.74) is -0.0280. The second-order valence-corrected chi connectivity index (χ2v) is 7.49. The third kappa shape index (κ3) is 5.88. The molecule has 1 aromatic heterocycles. The maximum absolute atomic E-state index is 12.2. The molecule has 1 heterocycles. The van der Waals surface area contributed by atoms with Gasteiger partial charge < -0.3 is 15.0 Å². The lowest BCUT2D eigenvalue weighted by Crippen LogP contribution is -2.44. The van der Waals surface area contributed by atoms with Gasteiger partial charge in [-0.15, -0.1) is 0 Å². The molecule has 0 aliphatic heterocycles. The molecule has 2 N–H and O–H groups in total. The molecule has 0 aromatic carbocycles. The highest BCUT2D eigenvalue weighted by Gasteiger charge is 2.28. The Morgan fingerprint density at radius 3 is 2.88 bits per heavy atom. The number of thioether (sulfide) groups is 1. The molecule has 8 heteroatoms. The fourth-order valence-corrected chi connectivity index (χ4v) is 3.74. The lowest BCUT2D eigenvalue weighted by Gasteiger charge is -2.34. The van der Waals surface area contributed by atoms with Crippen LogP contribution in [0.5, 0.6) is 0 Å². The van der Waals surface area contributed by atoms with Gasteiger partial charge in [0.15, 0.2) is 5.16 Å². The van der Waals surface area contributed by atoms with Gasteiger partial charge in [-0.1, -0.05) is 38.5 Å². The van der Waals surface area contributed by atoms with Gasteiger partial charge in [0.1, 0.15) is 0 Å². The summed E-state index contributed by atoms with van der Waals surface area (Å²) in [6.45, 7) is 4.40. The van der Waals surface area contributed by atoms with Crippen molar-refractivity contribution >= 4 is 23.6 Å². The Kier molecular flexibility index (Phi) is 7.04. The van der Waals surface area contributed by atoms with Crippen LogP contribution < -0.4 is 10.9 Å². The fourth-order valence-electron chi connectivity index (χ4n) is 3.03. The summed E-state index contributed by atoms with van der Waals surface area (Å²) in [5.74, 6) is 0.704. The van der Waals surface area contributed by atoms with Crippen LogP contribution in [0.15, 0.2) is 16.0 Å². The van der Waals surface area contributed by atoms with Crippen LogP contribution in [0.1, 0.15) is 38.8 Å². The summed E-state index contributed by atoms with van der Waals surface area (Å²) in [4.78, 5) is 41.9. The average molecular weight is 367 g/mol. The van der Waals surface area contributed by atoms with E-state index in [2.05, 4.69) is 33.9 Å². The van der Waals surface area contributed by atoms with E-state index in [1.807, 2.05) is 0 Å². The molecule has 2 rings (SSSR count). The second-order valence-electron chi connectivity index (χ2n) is 6.52. The molecule has 0 unspecified atom stereocenters. The van der Waals surface area contributed by atoms with Crippen LogP contribution in [0.2, 0.25) is 0 Å². The van der Waals surface area contributed by atoms with Gasteiger partial charge in [-0.05, 0) is 18.3 Å². The summed E-state index contributed by atoms with van der Waals surface area (Å²) >= 11 is 1.15. The molecule has 1 amide bonds. The number of amides is 1. The van der Waals surface area contributed by atoms with Crippen molar-refractivity contribution in [1.29, 1.82) is 0 Å². The molecule has 0 bridgehead atoms. The van der Waals surface area contributed by atoms with Crippen molar-refractivity contribution in [1.82, 2.24) is 15.3 Å². The zero-order valence-electron chi connectivity index (χ0n) is 14.8. The molecule has 7 nitrogen and oxygen atoms in total. The van der Waals surface area contributed by atoms with Gasteiger partial charge in [0, 0.05) is 12.1 Å². The number of nitrogens with one attached hydrogen (secondary N) is 2. The number of carbonyl (C=O) groups excluding carboxylic acids is 2. The maximum atomic E-state index is 12.2. The number of H-pyrrole nitrogens is 1. The minimum Gasteiger partial charge on any atom is -0.469 e. The minimum absolute atomic E-state index is 0.0718. The van der Waals surface area contributed by atoms with E-state index >= 15 is 0 Å². The highest BCUT2D eigenvalue weighted by Crippen LogP contribution is 2.29. The third-order valence-corrected chi connectivity index (χ3v) is 5.59. The van der Waals surface area contributed by atoms with E-state index in [0.717, 1.165) is 24.6 Å². The number of aromatic amines is 1. The molecule has 1 fully saturated rings. The van der Waals surface area contributed by atoms with Gasteiger partial charge in [-0.25, -0.2) is 4.98 Å². The van der Waals surface area contributed by atoms with E-state index in [-0.39, 0.29) is 29.7 Å². The van der Waals surface area contributed by atoms with Crippen molar-refractivity contribution in [2.45, 2.75) is 50.7 Å². The molecular formula is C17H25N3O4S. The van der Waals surface area contributed by atoms with Crippen molar-refractivity contribution in [3.63, 3.8) is 0 Å². The summed E-state index contributed by atoms with van der Waals surface area (Å²) in [6.07, 6.45) is 3.28. The Hall–Kier alpha value is -1.83. The number of aromatic nitrogens is 2. The van der Waals surface area contributed by atoms with Gasteiger partial charge in [0.25, 0.3) is 5.56 Å². The zero-order valence-corrected chi connectivity index (χ0v) is 15.6. The monoisotopic (exact) mass is 367 g/mol. The van der Waals surface area contributed by atoms with E-state index in [1.54, 1.807) is 0 Å². The van der Waals surface area contributed by atoms with Crippen molar-refractivity contribution in [3.05, 3.63) is 22.1 Å². The first-order valence-corrected chi connectivity index (χ1v) is 9.46. The summed E-state index contributed by atoms with van der Waals surface area (Å²) in [7, 11) is 1.28. The Balaban J connectivity index is 1.91. The molecule has 25 heavy (non-hydrogen) atoms. The number of methoxy groups -OCH3 is 1. The predicted octanol–water partition coefficient (Wildman–Crippen LogP) is 1.52. The van der Waals surface area contributed by atoms with Crippen molar-refractivity contribution in [3.8, 4) is 0 Å². The molecule has 1 saturated carbocycles. The van der Waals surface area contributed by atoms with Gasteiger partial charge in [0.2, 0.25) is 5.91 Å². The molecule has 0 saturated heterocycles. The number of hydrogen-bond donors (Lipinski definition) is 2. The van der Waals surface area contributed by atoms with E-state index < -0.39 is 5.97 Å². The Morgan fingerprint density at radius 2 is 2.16 bits per heavy atom. The molecule has 1 aromatic rings. The van der Waals surface area contributed by atoms with E-state index in [4.69, 9.17) is 0 Å². The smallest absolute Gasteiger partial charge is 0.311 e. The summed E-state index contributed by atoms with van der Waals surface area (Å²) < 4.78 is 4.57.